The number of esters is 9. The molecule has 5 atom stereocenters. The topological polar surface area (TPSA) is 773 Å². The SMILES string of the molecule is C=C(CC(OC(=O)c1cc(O)c(O)c(O)c1)C(=O)C(C)=O)C(=O)OC(C(O)COC(=O)c1cc(O)c(O)c(OC(=O)c2cc(O)c(O)c(O)c2)c1)C(OC(=O)c1cc(O)c(O)c(OC(=O)c2cc(O)c(O)c(O)c2)c1)C(CCC(=O)c1cc(O)c(O)c(OC(=O)c2cc(O)c(O)c(O)c2)c1)OC(=O)c1cc(O)c(O)c(OC(=O)c2cc(O)c(O)c(O)c2)c1. The summed E-state index contributed by atoms with van der Waals surface area (Å²) < 4.78 is 48.3. The average Bonchev–Trinajstić information content (AvgIpc) is 0.757. The number of ketones is 3. The first kappa shape index (κ1) is 89.3. The maximum absolute atomic E-state index is 15.3. The van der Waals surface area contributed by atoms with Gasteiger partial charge in [0.05, 0.1) is 44.5 Å². The number of hydrogen-bond acceptors (Lipinski definition) is 45. The lowest BCUT2D eigenvalue weighted by Gasteiger charge is -2.35. The molecule has 5 unspecified atom stereocenters. The summed E-state index contributed by atoms with van der Waals surface area (Å²) in [6.45, 7) is 2.25. The minimum absolute atomic E-state index is 0.277. The predicted molar refractivity (Wildman–Crippen MR) is 393 cm³/mol. The third kappa shape index (κ3) is 20.2. The summed E-state index contributed by atoms with van der Waals surface area (Å²) in [5.74, 6) is -54.3. The molecule has 45 heteroatoms. The lowest BCUT2D eigenvalue weighted by molar-refractivity contribution is -0.172. The molecule has 9 rings (SSSR count). The van der Waals surface area contributed by atoms with Crippen molar-refractivity contribution in [3.8, 4) is 155 Å². The highest BCUT2D eigenvalue weighted by molar-refractivity contribution is 6.38. The molecule has 0 aromatic heterocycles. The Kier molecular flexibility index (Phi) is 26.3. The number of aliphatic hydroxyl groups excluding tert-OH is 1. The number of aromatic hydroxyl groups is 23. The van der Waals surface area contributed by atoms with Gasteiger partial charge in [-0.25, -0.2) is 43.2 Å². The molecule has 0 spiro atoms. The molecule has 45 nitrogen and oxygen atoms in total. The summed E-state index contributed by atoms with van der Waals surface area (Å²) in [6, 6.07) is 8.09. The number of Topliss-reactive ketones (excluding diaryl/α,β-unsaturated/α-hetero) is 3. The number of hydrogen-bond donors (Lipinski definition) is 24. The van der Waals surface area contributed by atoms with Crippen molar-refractivity contribution in [1.82, 2.24) is 0 Å². The van der Waals surface area contributed by atoms with E-state index in [2.05, 4.69) is 6.58 Å². The van der Waals surface area contributed by atoms with Gasteiger partial charge in [-0.3, -0.25) is 14.4 Å². The lowest BCUT2D eigenvalue weighted by atomic mass is 9.95. The van der Waals surface area contributed by atoms with Crippen LogP contribution in [-0.4, -0.2) is 231 Å². The minimum atomic E-state index is -3.18. The summed E-state index contributed by atoms with van der Waals surface area (Å²) in [7, 11) is 0. The van der Waals surface area contributed by atoms with Crippen molar-refractivity contribution in [2.75, 3.05) is 6.61 Å². The van der Waals surface area contributed by atoms with Gasteiger partial charge in [-0.1, -0.05) is 6.58 Å². The maximum atomic E-state index is 15.3. The Morgan fingerprint density at radius 3 is 0.862 bits per heavy atom. The summed E-state index contributed by atoms with van der Waals surface area (Å²) in [5.41, 5.74) is -9.68. The standard InChI is InChI=1S/C78H60O45/c1-25(5-53(58(96)26(2)79)117-72(108)28-7-37(81)59(97)38(82)8-28)70(106)122-68(51(95)24-115-71(107)33-17-48(92)65(103)55(21-33)119-74(110)30-11-41(85)61(99)42(86)12-30)69(123-78(114)35-19-50(94)67(105)57(23-35)121-76(112)32-15-45(89)63(101)46(90)16-32)52(116-77(113)34-18-49(93)66(104)56(22-34)120-75(111)31-13-43(87)62(100)44(88)14-31)4-3-36(80)27-6-47(91)64(102)54(20-27)118-73(109)29-9-39(83)60(98)40(84)10-29/h6-23,51-53,68-69,81-95,97-105H,1,3-5,24H2,2H3. The van der Waals surface area contributed by atoms with Gasteiger partial charge >= 0.3 is 53.7 Å². The van der Waals surface area contributed by atoms with Gasteiger partial charge in [-0.15, -0.1) is 0 Å². The van der Waals surface area contributed by atoms with Crippen molar-refractivity contribution in [2.24, 2.45) is 0 Å². The summed E-state index contributed by atoms with van der Waals surface area (Å²) in [6.07, 6.45) is -19.2. The Balaban J connectivity index is 1.22. The molecule has 0 aliphatic rings. The van der Waals surface area contributed by atoms with Gasteiger partial charge in [-0.2, -0.15) is 0 Å². The van der Waals surface area contributed by atoms with Gasteiger partial charge in [0.2, 0.25) is 28.8 Å². The summed E-state index contributed by atoms with van der Waals surface area (Å²) >= 11 is 0. The van der Waals surface area contributed by atoms with Crippen LogP contribution in [0.1, 0.15) is 119 Å². The van der Waals surface area contributed by atoms with Crippen molar-refractivity contribution in [2.45, 2.75) is 56.7 Å². The number of aliphatic hydroxyl groups is 1. The molecule has 0 aliphatic carbocycles. The molecule has 0 bridgehead atoms. The van der Waals surface area contributed by atoms with Gasteiger partial charge in [0, 0.05) is 30.9 Å². The van der Waals surface area contributed by atoms with E-state index in [1.807, 2.05) is 0 Å². The molecule has 24 N–H and O–H groups in total. The average molecular weight is 1720 g/mol. The first-order valence-electron chi connectivity index (χ1n) is 34.0. The molecule has 0 fully saturated rings. The van der Waals surface area contributed by atoms with Gasteiger partial charge in [-0.05, 0) is 116 Å². The second kappa shape index (κ2) is 36.2. The second-order valence-electron chi connectivity index (χ2n) is 25.7. The highest BCUT2D eigenvalue weighted by Crippen LogP contribution is 2.46. The van der Waals surface area contributed by atoms with Crippen molar-refractivity contribution in [1.29, 1.82) is 0 Å². The number of phenols is 23. The number of ether oxygens (including phenoxy) is 9. The van der Waals surface area contributed by atoms with E-state index in [1.54, 1.807) is 0 Å². The molecule has 0 radical (unpaired) electrons. The van der Waals surface area contributed by atoms with Crippen molar-refractivity contribution in [3.63, 3.8) is 0 Å². The number of carbonyl (C=O) groups is 12. The van der Waals surface area contributed by atoms with Crippen molar-refractivity contribution >= 4 is 71.1 Å². The summed E-state index contributed by atoms with van der Waals surface area (Å²) in [4.78, 5) is 168. The van der Waals surface area contributed by atoms with Crippen molar-refractivity contribution < 1.29 is 223 Å². The second-order valence-corrected chi connectivity index (χ2v) is 25.7. The third-order valence-corrected chi connectivity index (χ3v) is 17.1. The zero-order chi connectivity index (χ0) is 91.1. The fraction of sp³-hybridized carbons (Fsp3) is 0.128. The zero-order valence-corrected chi connectivity index (χ0v) is 61.6. The maximum Gasteiger partial charge on any atom is 0.343 e. The van der Waals surface area contributed by atoms with E-state index in [-0.39, 0.29) is 6.07 Å². The van der Waals surface area contributed by atoms with Gasteiger partial charge in [0.25, 0.3) is 0 Å². The third-order valence-electron chi connectivity index (χ3n) is 17.1. The van der Waals surface area contributed by atoms with Gasteiger partial charge in [0.15, 0.2) is 162 Å². The fourth-order valence-electron chi connectivity index (χ4n) is 10.7. The highest BCUT2D eigenvalue weighted by Gasteiger charge is 2.45. The Labute approximate surface area is 681 Å². The zero-order valence-electron chi connectivity index (χ0n) is 61.6. The van der Waals surface area contributed by atoms with Crippen LogP contribution in [0.4, 0.5) is 0 Å². The highest BCUT2D eigenvalue weighted by atomic mass is 16.6. The van der Waals surface area contributed by atoms with Crippen LogP contribution in [-0.2, 0) is 38.1 Å². The summed E-state index contributed by atoms with van der Waals surface area (Å²) in [5, 5.41) is 251. The van der Waals surface area contributed by atoms with Crippen molar-refractivity contribution in [3.05, 3.63) is 171 Å². The minimum Gasteiger partial charge on any atom is -0.504 e. The van der Waals surface area contributed by atoms with Crippen LogP contribution in [0.3, 0.4) is 0 Å². The molecule has 123 heavy (non-hydrogen) atoms. The van der Waals surface area contributed by atoms with Gasteiger partial charge < -0.3 is 165 Å². The van der Waals surface area contributed by atoms with Crippen LogP contribution in [0.15, 0.2) is 121 Å². The Bertz CT molecular complexity index is 5800. The largest absolute Gasteiger partial charge is 0.504 e. The smallest absolute Gasteiger partial charge is 0.343 e. The number of phenolic OH excluding ortho intramolecular Hbond substituents is 23. The molecule has 9 aromatic rings. The van der Waals surface area contributed by atoms with E-state index < -0.39 is 338 Å². The molecule has 0 amide bonds. The molecular formula is C78H60O45. The molecule has 9 aromatic carbocycles. The first-order chi connectivity index (χ1) is 57.6. The molecule has 0 saturated carbocycles. The monoisotopic (exact) mass is 1720 g/mol. The molecule has 0 aliphatic heterocycles. The van der Waals surface area contributed by atoms with E-state index in [0.29, 0.717) is 110 Å². The number of carbonyl (C=O) groups excluding carboxylic acids is 12. The van der Waals surface area contributed by atoms with Crippen LogP contribution >= 0.6 is 0 Å². The van der Waals surface area contributed by atoms with Crippen LogP contribution in [0.5, 0.6) is 155 Å². The molecule has 642 valence electrons. The lowest BCUT2D eigenvalue weighted by Crippen LogP contribution is -2.52. The predicted octanol–water partition coefficient (Wildman–Crippen LogP) is 4.67. The molecular weight excluding hydrogens is 1660 g/mol. The first-order valence-corrected chi connectivity index (χ1v) is 34.0. The number of benzene rings is 9. The van der Waals surface area contributed by atoms with Crippen LogP contribution in [0, 0.1) is 0 Å². The Hall–Kier alpha value is -17.7. The molecule has 0 heterocycles. The van der Waals surface area contributed by atoms with Gasteiger partial charge in [0.1, 0.15) is 18.8 Å². The van der Waals surface area contributed by atoms with E-state index in [0.717, 1.165) is 0 Å². The Morgan fingerprint density at radius 2 is 0.553 bits per heavy atom. The fourth-order valence-corrected chi connectivity index (χ4v) is 10.7. The molecule has 0 saturated heterocycles. The van der Waals surface area contributed by atoms with E-state index in [4.69, 9.17) is 42.6 Å². The van der Waals surface area contributed by atoms with E-state index in [1.165, 1.54) is 0 Å². The van der Waals surface area contributed by atoms with Crippen LogP contribution in [0.2, 0.25) is 0 Å². The van der Waals surface area contributed by atoms with E-state index >= 15 is 14.4 Å². The number of rotatable bonds is 30. The quantitative estimate of drug-likeness (QED) is 0.00553. The Morgan fingerprint density at radius 1 is 0.301 bits per heavy atom. The van der Waals surface area contributed by atoms with E-state index in [9.17, 15) is 166 Å². The normalized spacial score (nSPS) is 12.1. The van der Waals surface area contributed by atoms with Crippen LogP contribution in [0.25, 0.3) is 0 Å². The van der Waals surface area contributed by atoms with Crippen LogP contribution < -0.4 is 18.9 Å².